The number of aromatic carboxylic acids is 1. The first-order valence-electron chi connectivity index (χ1n) is 6.46. The van der Waals surface area contributed by atoms with E-state index < -0.39 is 12.0 Å². The van der Waals surface area contributed by atoms with Crippen molar-refractivity contribution in [1.82, 2.24) is 20.3 Å². The third-order valence-electron chi connectivity index (χ3n) is 3.58. The highest BCUT2D eigenvalue weighted by Crippen LogP contribution is 2.19. The number of carbonyl (C=O) groups excluding carboxylic acids is 1. The summed E-state index contributed by atoms with van der Waals surface area (Å²) in [6.07, 6.45) is 4.31. The maximum atomic E-state index is 12.1. The van der Waals surface area contributed by atoms with Gasteiger partial charge in [0.25, 0.3) is 0 Å². The van der Waals surface area contributed by atoms with Crippen LogP contribution in [0.25, 0.3) is 0 Å². The van der Waals surface area contributed by atoms with Gasteiger partial charge in [0, 0.05) is 6.04 Å². The highest BCUT2D eigenvalue weighted by atomic mass is 16.4. The zero-order valence-electron chi connectivity index (χ0n) is 11.1. The maximum absolute atomic E-state index is 12.1. The summed E-state index contributed by atoms with van der Waals surface area (Å²) < 4.78 is 1.35. The second-order valence-corrected chi connectivity index (χ2v) is 4.94. The number of carbonyl (C=O) groups is 2. The van der Waals surface area contributed by atoms with Gasteiger partial charge in [-0.25, -0.2) is 9.48 Å². The molecule has 1 amide bonds. The van der Waals surface area contributed by atoms with Crippen LogP contribution in [0.3, 0.4) is 0 Å². The zero-order chi connectivity index (χ0) is 14.0. The smallest absolute Gasteiger partial charge is 0.358 e. The molecule has 0 bridgehead atoms. The van der Waals surface area contributed by atoms with E-state index in [1.807, 2.05) is 0 Å². The molecule has 7 nitrogen and oxygen atoms in total. The molecule has 0 radical (unpaired) electrons. The van der Waals surface area contributed by atoms with Crippen molar-refractivity contribution in [2.45, 2.75) is 51.6 Å². The number of nitrogens with one attached hydrogen (secondary N) is 1. The van der Waals surface area contributed by atoms with Gasteiger partial charge >= 0.3 is 5.97 Å². The highest BCUT2D eigenvalue weighted by molar-refractivity contribution is 5.86. The SMILES string of the molecule is Cc1c(C(=O)O)nnn1C(C)C(=O)NC1CCCC1. The predicted octanol–water partition coefficient (Wildman–Crippen LogP) is 0.905. The molecule has 1 saturated carbocycles. The van der Waals surface area contributed by atoms with Crippen LogP contribution in [0.5, 0.6) is 0 Å². The van der Waals surface area contributed by atoms with Crippen LogP contribution < -0.4 is 5.32 Å². The van der Waals surface area contributed by atoms with Crippen LogP contribution in [0.15, 0.2) is 0 Å². The van der Waals surface area contributed by atoms with E-state index in [4.69, 9.17) is 5.11 Å². The fourth-order valence-electron chi connectivity index (χ4n) is 2.41. The molecule has 0 saturated heterocycles. The summed E-state index contributed by atoms with van der Waals surface area (Å²) in [6.45, 7) is 3.29. The van der Waals surface area contributed by atoms with Gasteiger partial charge < -0.3 is 10.4 Å². The monoisotopic (exact) mass is 266 g/mol. The molecule has 1 unspecified atom stereocenters. The van der Waals surface area contributed by atoms with Crippen molar-refractivity contribution in [3.63, 3.8) is 0 Å². The van der Waals surface area contributed by atoms with E-state index in [0.29, 0.717) is 5.69 Å². The first kappa shape index (κ1) is 13.5. The quantitative estimate of drug-likeness (QED) is 0.844. The molecule has 0 spiro atoms. The molecular formula is C12H18N4O3. The van der Waals surface area contributed by atoms with Crippen LogP contribution in [-0.4, -0.2) is 38.0 Å². The van der Waals surface area contributed by atoms with Gasteiger partial charge in [-0.2, -0.15) is 0 Å². The summed E-state index contributed by atoms with van der Waals surface area (Å²) >= 11 is 0. The molecule has 104 valence electrons. The summed E-state index contributed by atoms with van der Waals surface area (Å²) in [5.41, 5.74) is 0.280. The standard InChI is InChI=1S/C12H18N4O3/c1-7-10(12(18)19)14-15-16(7)8(2)11(17)13-9-5-3-4-6-9/h8-9H,3-6H2,1-2H3,(H,13,17)(H,18,19). The minimum Gasteiger partial charge on any atom is -0.476 e. The number of rotatable bonds is 4. The van der Waals surface area contributed by atoms with Crippen molar-refractivity contribution in [3.8, 4) is 0 Å². The van der Waals surface area contributed by atoms with Gasteiger partial charge in [0.1, 0.15) is 6.04 Å². The summed E-state index contributed by atoms with van der Waals surface area (Å²) in [7, 11) is 0. The molecule has 2 rings (SSSR count). The summed E-state index contributed by atoms with van der Waals surface area (Å²) in [5, 5.41) is 19.2. The van der Waals surface area contributed by atoms with Crippen molar-refractivity contribution in [2.24, 2.45) is 0 Å². The zero-order valence-corrected chi connectivity index (χ0v) is 11.1. The van der Waals surface area contributed by atoms with E-state index in [9.17, 15) is 9.59 Å². The summed E-state index contributed by atoms with van der Waals surface area (Å²) in [6, 6.07) is -0.320. The minimum atomic E-state index is -1.13. The number of amides is 1. The Bertz CT molecular complexity index is 491. The molecule has 0 aliphatic heterocycles. The topological polar surface area (TPSA) is 97.1 Å². The molecule has 2 N–H and O–H groups in total. The number of aromatic nitrogens is 3. The fourth-order valence-corrected chi connectivity index (χ4v) is 2.41. The van der Waals surface area contributed by atoms with Crippen LogP contribution in [0.4, 0.5) is 0 Å². The first-order chi connectivity index (χ1) is 9.00. The Labute approximate surface area is 111 Å². The summed E-state index contributed by atoms with van der Waals surface area (Å²) in [4.78, 5) is 23.0. The van der Waals surface area contributed by atoms with Gasteiger partial charge in [0.15, 0.2) is 5.69 Å². The average molecular weight is 266 g/mol. The number of carboxylic acid groups (broad SMARTS) is 1. The summed E-state index contributed by atoms with van der Waals surface area (Å²) in [5.74, 6) is -1.27. The minimum absolute atomic E-state index is 0.111. The Balaban J connectivity index is 2.08. The molecule has 1 fully saturated rings. The van der Waals surface area contributed by atoms with Crippen LogP contribution >= 0.6 is 0 Å². The molecule has 1 aliphatic carbocycles. The van der Waals surface area contributed by atoms with Gasteiger partial charge in [0.2, 0.25) is 5.91 Å². The van der Waals surface area contributed by atoms with Crippen molar-refractivity contribution in [1.29, 1.82) is 0 Å². The Hall–Kier alpha value is -1.92. The molecular weight excluding hydrogens is 248 g/mol. The Morgan fingerprint density at radius 2 is 2.05 bits per heavy atom. The van der Waals surface area contributed by atoms with Gasteiger partial charge in [-0.15, -0.1) is 5.10 Å². The third kappa shape index (κ3) is 2.74. The number of carboxylic acids is 1. The lowest BCUT2D eigenvalue weighted by molar-refractivity contribution is -0.124. The Morgan fingerprint density at radius 1 is 1.42 bits per heavy atom. The van der Waals surface area contributed by atoms with E-state index in [2.05, 4.69) is 15.6 Å². The molecule has 1 aromatic heterocycles. The van der Waals surface area contributed by atoms with Gasteiger partial charge in [-0.3, -0.25) is 4.79 Å². The maximum Gasteiger partial charge on any atom is 0.358 e. The van der Waals surface area contributed by atoms with E-state index in [1.54, 1.807) is 13.8 Å². The van der Waals surface area contributed by atoms with Crippen molar-refractivity contribution >= 4 is 11.9 Å². The Morgan fingerprint density at radius 3 is 2.58 bits per heavy atom. The van der Waals surface area contributed by atoms with Crippen LogP contribution in [-0.2, 0) is 4.79 Å². The number of hydrogen-bond donors (Lipinski definition) is 2. The highest BCUT2D eigenvalue weighted by Gasteiger charge is 2.25. The largest absolute Gasteiger partial charge is 0.476 e. The van der Waals surface area contributed by atoms with Gasteiger partial charge in [-0.05, 0) is 26.7 Å². The molecule has 7 heteroatoms. The molecule has 1 aromatic rings. The molecule has 1 atom stereocenters. The van der Waals surface area contributed by atoms with Gasteiger partial charge in [0.05, 0.1) is 5.69 Å². The van der Waals surface area contributed by atoms with Crippen LogP contribution in [0, 0.1) is 6.92 Å². The number of hydrogen-bond acceptors (Lipinski definition) is 4. The van der Waals surface area contributed by atoms with Crippen molar-refractivity contribution < 1.29 is 14.7 Å². The second kappa shape index (κ2) is 5.38. The van der Waals surface area contributed by atoms with E-state index in [-0.39, 0.29) is 17.6 Å². The van der Waals surface area contributed by atoms with Crippen LogP contribution in [0.1, 0.15) is 54.8 Å². The van der Waals surface area contributed by atoms with Crippen molar-refractivity contribution in [2.75, 3.05) is 0 Å². The lowest BCUT2D eigenvalue weighted by Gasteiger charge is -2.17. The first-order valence-corrected chi connectivity index (χ1v) is 6.46. The average Bonchev–Trinajstić information content (AvgIpc) is 2.97. The van der Waals surface area contributed by atoms with Crippen molar-refractivity contribution in [3.05, 3.63) is 11.4 Å². The fraction of sp³-hybridized carbons (Fsp3) is 0.667. The Kier molecular flexibility index (Phi) is 3.82. The predicted molar refractivity (Wildman–Crippen MR) is 66.8 cm³/mol. The molecule has 1 aliphatic rings. The molecule has 19 heavy (non-hydrogen) atoms. The third-order valence-corrected chi connectivity index (χ3v) is 3.58. The van der Waals surface area contributed by atoms with E-state index >= 15 is 0 Å². The van der Waals surface area contributed by atoms with E-state index in [1.165, 1.54) is 4.68 Å². The molecule has 0 aromatic carbocycles. The van der Waals surface area contributed by atoms with E-state index in [0.717, 1.165) is 25.7 Å². The number of nitrogens with zero attached hydrogens (tertiary/aromatic N) is 3. The van der Waals surface area contributed by atoms with Gasteiger partial charge in [-0.1, -0.05) is 18.1 Å². The lowest BCUT2D eigenvalue weighted by atomic mass is 10.2. The normalized spacial score (nSPS) is 17.4. The van der Waals surface area contributed by atoms with Crippen LogP contribution in [0.2, 0.25) is 0 Å². The second-order valence-electron chi connectivity index (χ2n) is 4.94. The lowest BCUT2D eigenvalue weighted by Crippen LogP contribution is -2.38. The molecule has 1 heterocycles.